The van der Waals surface area contributed by atoms with E-state index in [1.807, 2.05) is 0 Å². The zero-order valence-corrected chi connectivity index (χ0v) is 15.6. The normalized spacial score (nSPS) is 17.1. The van der Waals surface area contributed by atoms with Crippen molar-refractivity contribution in [3.63, 3.8) is 0 Å². The molecule has 3 aromatic rings. The molecular weight excluding hydrogens is 387 g/mol. The molecule has 3 aromatic heterocycles. The number of halogens is 2. The number of aromatic amines is 1. The summed E-state index contributed by atoms with van der Waals surface area (Å²) in [5, 5.41) is 13.4. The average molecular weight is 405 g/mol. The zero-order valence-electron chi connectivity index (χ0n) is 14.8. The van der Waals surface area contributed by atoms with E-state index in [0.29, 0.717) is 41.7 Å². The summed E-state index contributed by atoms with van der Waals surface area (Å²) in [4.78, 5) is 28.2. The summed E-state index contributed by atoms with van der Waals surface area (Å²) in [7, 11) is 0. The van der Waals surface area contributed by atoms with E-state index in [2.05, 4.69) is 25.3 Å². The van der Waals surface area contributed by atoms with Gasteiger partial charge in [0.2, 0.25) is 0 Å². The summed E-state index contributed by atoms with van der Waals surface area (Å²) >= 11 is 6.03. The topological polar surface area (TPSA) is 107 Å². The van der Waals surface area contributed by atoms with Gasteiger partial charge in [-0.05, 0) is 24.8 Å². The molecule has 0 saturated carbocycles. The van der Waals surface area contributed by atoms with Crippen LogP contribution < -0.4 is 5.32 Å². The van der Waals surface area contributed by atoms with E-state index in [1.54, 1.807) is 12.3 Å². The predicted octanol–water partition coefficient (Wildman–Crippen LogP) is 3.61. The molecule has 10 heteroatoms. The van der Waals surface area contributed by atoms with Crippen molar-refractivity contribution in [2.24, 2.45) is 5.92 Å². The first-order chi connectivity index (χ1) is 13.5. The summed E-state index contributed by atoms with van der Waals surface area (Å²) in [6.07, 6.45) is 5.10. The van der Waals surface area contributed by atoms with Gasteiger partial charge in [0, 0.05) is 43.0 Å². The molecule has 1 atom stereocenters. The van der Waals surface area contributed by atoms with Crippen LogP contribution >= 0.6 is 11.6 Å². The fourth-order valence-electron chi connectivity index (χ4n) is 3.43. The fourth-order valence-corrected chi connectivity index (χ4v) is 3.59. The molecule has 1 aliphatic heterocycles. The Balaban J connectivity index is 1.54. The van der Waals surface area contributed by atoms with Gasteiger partial charge in [0.05, 0.1) is 11.2 Å². The van der Waals surface area contributed by atoms with Crippen molar-refractivity contribution in [1.29, 1.82) is 0 Å². The lowest BCUT2D eigenvalue weighted by Crippen LogP contribution is -2.41. The molecule has 4 rings (SSSR count). The number of piperidine rings is 1. The summed E-state index contributed by atoms with van der Waals surface area (Å²) in [5.41, 5.74) is 1.31. The quantitative estimate of drug-likeness (QED) is 0.613. The van der Waals surface area contributed by atoms with Crippen molar-refractivity contribution in [3.05, 3.63) is 35.5 Å². The van der Waals surface area contributed by atoms with Crippen LogP contribution in [0, 0.1) is 11.7 Å². The molecule has 0 spiro atoms. The fraction of sp³-hybridized carbons (Fsp3) is 0.333. The largest absolute Gasteiger partial charge is 0.465 e. The standard InChI is InChI=1S/C18H18ClFN6O2/c19-11-4-12-13(7-23-15(12)22-6-11)16-24-8-14(20)17(25-16)21-5-10-2-1-3-26(9-10)18(27)28/h4,6-8,10H,1-3,5,9H2,(H,22,23)(H,27,28)(H,21,24,25). The van der Waals surface area contributed by atoms with Crippen molar-refractivity contribution in [2.75, 3.05) is 25.0 Å². The molecule has 146 valence electrons. The van der Waals surface area contributed by atoms with Crippen molar-refractivity contribution in [2.45, 2.75) is 12.8 Å². The van der Waals surface area contributed by atoms with Crippen molar-refractivity contribution < 1.29 is 14.3 Å². The number of carboxylic acid groups (broad SMARTS) is 1. The van der Waals surface area contributed by atoms with E-state index in [1.165, 1.54) is 11.1 Å². The number of carbonyl (C=O) groups is 1. The molecule has 1 unspecified atom stereocenters. The maximum Gasteiger partial charge on any atom is 0.407 e. The summed E-state index contributed by atoms with van der Waals surface area (Å²) < 4.78 is 14.2. The molecule has 3 N–H and O–H groups in total. The number of rotatable bonds is 4. The number of anilines is 1. The summed E-state index contributed by atoms with van der Waals surface area (Å²) in [5.74, 6) is -0.0405. The Labute approximate surface area is 164 Å². The van der Waals surface area contributed by atoms with E-state index in [4.69, 9.17) is 16.7 Å². The molecule has 0 aromatic carbocycles. The van der Waals surface area contributed by atoms with Gasteiger partial charge in [0.15, 0.2) is 17.5 Å². The number of hydrogen-bond donors (Lipinski definition) is 3. The smallest absolute Gasteiger partial charge is 0.407 e. The molecule has 28 heavy (non-hydrogen) atoms. The summed E-state index contributed by atoms with van der Waals surface area (Å²) in [6.45, 7) is 1.39. The number of fused-ring (bicyclic) bond motifs is 1. The van der Waals surface area contributed by atoms with Gasteiger partial charge in [-0.15, -0.1) is 0 Å². The van der Waals surface area contributed by atoms with Gasteiger partial charge >= 0.3 is 6.09 Å². The number of likely N-dealkylation sites (tertiary alicyclic amines) is 1. The van der Waals surface area contributed by atoms with Gasteiger partial charge in [0.25, 0.3) is 0 Å². The van der Waals surface area contributed by atoms with Crippen LogP contribution in [0.2, 0.25) is 5.02 Å². The highest BCUT2D eigenvalue weighted by molar-refractivity contribution is 6.31. The lowest BCUT2D eigenvalue weighted by Gasteiger charge is -2.30. The number of nitrogens with one attached hydrogen (secondary N) is 2. The Morgan fingerprint density at radius 3 is 3.11 bits per heavy atom. The highest BCUT2D eigenvalue weighted by Crippen LogP contribution is 2.28. The van der Waals surface area contributed by atoms with Gasteiger partial charge < -0.3 is 20.3 Å². The minimum Gasteiger partial charge on any atom is -0.465 e. The van der Waals surface area contributed by atoms with Gasteiger partial charge in [-0.1, -0.05) is 11.6 Å². The lowest BCUT2D eigenvalue weighted by molar-refractivity contribution is 0.122. The minimum absolute atomic E-state index is 0.0850. The molecule has 4 heterocycles. The van der Waals surface area contributed by atoms with E-state index >= 15 is 0 Å². The highest BCUT2D eigenvalue weighted by atomic mass is 35.5. The Kier molecular flexibility index (Phi) is 4.99. The van der Waals surface area contributed by atoms with Gasteiger partial charge in [0.1, 0.15) is 5.65 Å². The third-order valence-electron chi connectivity index (χ3n) is 4.83. The molecule has 1 amide bonds. The number of pyridine rings is 1. The Morgan fingerprint density at radius 1 is 1.43 bits per heavy atom. The minimum atomic E-state index is -0.924. The third-order valence-corrected chi connectivity index (χ3v) is 5.04. The number of amides is 1. The number of nitrogens with zero attached hydrogens (tertiary/aromatic N) is 4. The van der Waals surface area contributed by atoms with Crippen molar-refractivity contribution >= 4 is 34.5 Å². The van der Waals surface area contributed by atoms with Crippen LogP contribution in [-0.4, -0.2) is 55.7 Å². The van der Waals surface area contributed by atoms with Crippen LogP contribution in [0.5, 0.6) is 0 Å². The van der Waals surface area contributed by atoms with E-state index in [-0.39, 0.29) is 11.7 Å². The van der Waals surface area contributed by atoms with Gasteiger partial charge in [-0.3, -0.25) is 0 Å². The first-order valence-corrected chi connectivity index (χ1v) is 9.26. The molecule has 0 radical (unpaired) electrons. The van der Waals surface area contributed by atoms with Crippen molar-refractivity contribution in [3.8, 4) is 11.4 Å². The summed E-state index contributed by atoms with van der Waals surface area (Å²) in [6, 6.07) is 1.75. The highest BCUT2D eigenvalue weighted by Gasteiger charge is 2.23. The number of hydrogen-bond acceptors (Lipinski definition) is 5. The van der Waals surface area contributed by atoms with Crippen molar-refractivity contribution in [1.82, 2.24) is 24.8 Å². The monoisotopic (exact) mass is 404 g/mol. The van der Waals surface area contributed by atoms with E-state index in [0.717, 1.165) is 24.4 Å². The zero-order chi connectivity index (χ0) is 19.7. The Hall–Kier alpha value is -2.94. The average Bonchev–Trinajstić information content (AvgIpc) is 3.10. The predicted molar refractivity (Wildman–Crippen MR) is 103 cm³/mol. The lowest BCUT2D eigenvalue weighted by atomic mass is 9.98. The van der Waals surface area contributed by atoms with Crippen LogP contribution in [0.3, 0.4) is 0 Å². The van der Waals surface area contributed by atoms with Crippen LogP contribution in [-0.2, 0) is 0 Å². The molecule has 1 fully saturated rings. The second-order valence-corrected chi connectivity index (χ2v) is 7.20. The number of aromatic nitrogens is 4. The Bertz CT molecular complexity index is 1030. The molecule has 0 aliphatic carbocycles. The number of H-pyrrole nitrogens is 1. The van der Waals surface area contributed by atoms with Crippen LogP contribution in [0.4, 0.5) is 15.0 Å². The van der Waals surface area contributed by atoms with Gasteiger partial charge in [-0.2, -0.15) is 0 Å². The van der Waals surface area contributed by atoms with E-state index in [9.17, 15) is 9.18 Å². The SMILES string of the molecule is O=C(O)N1CCCC(CNc2nc(-c3c[nH]c4ncc(Cl)cc34)ncc2F)C1. The second-order valence-electron chi connectivity index (χ2n) is 6.76. The second kappa shape index (κ2) is 7.59. The van der Waals surface area contributed by atoms with Crippen LogP contribution in [0.25, 0.3) is 22.4 Å². The van der Waals surface area contributed by atoms with Crippen LogP contribution in [0.1, 0.15) is 12.8 Å². The molecule has 8 nitrogen and oxygen atoms in total. The van der Waals surface area contributed by atoms with E-state index < -0.39 is 11.9 Å². The first kappa shape index (κ1) is 18.4. The third kappa shape index (κ3) is 3.70. The first-order valence-electron chi connectivity index (χ1n) is 8.88. The maximum atomic E-state index is 14.2. The Morgan fingerprint density at radius 2 is 2.29 bits per heavy atom. The molecular formula is C18H18ClFN6O2. The molecule has 1 saturated heterocycles. The molecule has 1 aliphatic rings. The maximum absolute atomic E-state index is 14.2. The van der Waals surface area contributed by atoms with Crippen LogP contribution in [0.15, 0.2) is 24.7 Å². The van der Waals surface area contributed by atoms with Gasteiger partial charge in [-0.25, -0.2) is 24.1 Å². The molecule has 0 bridgehead atoms.